The van der Waals surface area contributed by atoms with E-state index in [0.29, 0.717) is 28.2 Å². The van der Waals surface area contributed by atoms with Gasteiger partial charge in [-0.1, -0.05) is 42.6 Å². The highest BCUT2D eigenvalue weighted by Crippen LogP contribution is 2.45. The van der Waals surface area contributed by atoms with Crippen molar-refractivity contribution in [2.75, 3.05) is 22.2 Å². The van der Waals surface area contributed by atoms with Gasteiger partial charge in [-0.3, -0.25) is 14.6 Å². The Morgan fingerprint density at radius 1 is 1.25 bits per heavy atom. The number of thiazole rings is 1. The maximum atomic E-state index is 14.1. The number of carbonyl (C=O) groups is 2. The zero-order valence-corrected chi connectivity index (χ0v) is 24.4. The highest BCUT2D eigenvalue weighted by atomic mass is 35.5. The van der Waals surface area contributed by atoms with Gasteiger partial charge in [0.05, 0.1) is 30.9 Å². The van der Waals surface area contributed by atoms with E-state index in [-0.39, 0.29) is 42.1 Å². The van der Waals surface area contributed by atoms with Gasteiger partial charge in [0.15, 0.2) is 0 Å². The number of anilines is 3. The van der Waals surface area contributed by atoms with Crippen molar-refractivity contribution in [1.29, 1.82) is 0 Å². The van der Waals surface area contributed by atoms with Crippen LogP contribution in [0.25, 0.3) is 0 Å². The molecule has 2 aromatic heterocycles. The number of halogens is 2. The van der Waals surface area contributed by atoms with E-state index in [2.05, 4.69) is 27.2 Å². The van der Waals surface area contributed by atoms with Crippen LogP contribution in [-0.2, 0) is 17.9 Å². The number of aromatic nitrogens is 3. The zero-order chi connectivity index (χ0) is 28.4. The fourth-order valence-electron chi connectivity index (χ4n) is 5.06. The molecule has 0 bridgehead atoms. The largest absolute Gasteiger partial charge is 0.495 e. The predicted molar refractivity (Wildman–Crippen MR) is 158 cm³/mol. The lowest BCUT2D eigenvalue weighted by Crippen LogP contribution is -2.49. The van der Waals surface area contributed by atoms with Crippen molar-refractivity contribution in [3.8, 4) is 5.75 Å². The van der Waals surface area contributed by atoms with Crippen LogP contribution >= 0.6 is 34.5 Å². The summed E-state index contributed by atoms with van der Waals surface area (Å²) in [6.07, 6.45) is 8.41. The van der Waals surface area contributed by atoms with E-state index in [0.717, 1.165) is 41.8 Å². The first-order valence-corrected chi connectivity index (χ1v) is 14.5. The quantitative estimate of drug-likeness (QED) is 0.317. The van der Waals surface area contributed by atoms with Crippen LogP contribution in [0.1, 0.15) is 41.8 Å². The van der Waals surface area contributed by atoms with Gasteiger partial charge in [-0.05, 0) is 37.5 Å². The summed E-state index contributed by atoms with van der Waals surface area (Å²) in [5.41, 5.74) is 1.81. The Kier molecular flexibility index (Phi) is 8.43. The molecule has 0 saturated heterocycles. The molecule has 1 aliphatic carbocycles. The summed E-state index contributed by atoms with van der Waals surface area (Å²) >= 11 is 14.8. The zero-order valence-electron chi connectivity index (χ0n) is 22.1. The van der Waals surface area contributed by atoms with Crippen molar-refractivity contribution in [2.45, 2.75) is 57.8 Å². The monoisotopic (exact) mass is 601 g/mol. The van der Waals surface area contributed by atoms with Crippen molar-refractivity contribution < 1.29 is 14.3 Å². The van der Waals surface area contributed by atoms with Crippen molar-refractivity contribution in [2.24, 2.45) is 0 Å². The van der Waals surface area contributed by atoms with E-state index < -0.39 is 0 Å². The molecule has 40 heavy (non-hydrogen) atoms. The molecule has 0 unspecified atom stereocenters. The summed E-state index contributed by atoms with van der Waals surface area (Å²) in [7, 11) is 1.52. The number of fused-ring (bicyclic) bond motifs is 1. The van der Waals surface area contributed by atoms with Crippen molar-refractivity contribution in [3.63, 3.8) is 0 Å². The van der Waals surface area contributed by atoms with Crippen LogP contribution in [0.15, 0.2) is 36.5 Å². The number of aryl methyl sites for hydroxylation is 1. The molecule has 3 aromatic rings. The predicted octanol–water partition coefficient (Wildman–Crippen LogP) is 5.73. The van der Waals surface area contributed by atoms with E-state index in [1.165, 1.54) is 29.4 Å². The summed E-state index contributed by atoms with van der Waals surface area (Å²) in [5.74, 6) is 1.06. The number of carbonyl (C=O) groups excluding carboxylic acids is 2. The molecule has 1 aromatic carbocycles. The maximum Gasteiger partial charge on any atom is 0.330 e. The highest BCUT2D eigenvalue weighted by Gasteiger charge is 2.37. The Bertz CT molecular complexity index is 1440. The van der Waals surface area contributed by atoms with Gasteiger partial charge in [-0.2, -0.15) is 4.98 Å². The Hall–Kier alpha value is -3.41. The van der Waals surface area contributed by atoms with Crippen molar-refractivity contribution in [3.05, 3.63) is 62.7 Å². The van der Waals surface area contributed by atoms with E-state index in [9.17, 15) is 9.59 Å². The molecular weight excluding hydrogens is 573 g/mol. The second-order valence-electron chi connectivity index (χ2n) is 9.65. The summed E-state index contributed by atoms with van der Waals surface area (Å²) < 4.78 is 5.44. The minimum absolute atomic E-state index is 0.0590. The second-order valence-corrected chi connectivity index (χ2v) is 11.4. The number of nitrogens with one attached hydrogen (secondary N) is 2. The number of benzene rings is 1. The van der Waals surface area contributed by atoms with Crippen LogP contribution in [-0.4, -0.2) is 46.1 Å². The number of urea groups is 1. The average molecular weight is 603 g/mol. The molecule has 5 rings (SSSR count). The molecule has 2 N–H and O–H groups in total. The van der Waals surface area contributed by atoms with E-state index in [1.54, 1.807) is 23.4 Å². The number of hydrogen-bond donors (Lipinski definition) is 2. The standard InChI is InChI=1S/C27H29Cl2N7O3S/c1-4-20(37)32-17-7-5-6-8-18(17)33-26-31-12-16-13-35(24-22(28)15(2)11-19(39-3)23(24)29)27(38)36(25(16)34-26)14-21-30-9-10-40-21/h4,9-12,17-18H,1,5-8,13-14H2,2-3H3,(H,32,37)(H,31,33,34)/t17-,18+/m1/s1. The molecule has 0 radical (unpaired) electrons. The van der Waals surface area contributed by atoms with Crippen LogP contribution in [0, 0.1) is 6.92 Å². The number of ether oxygens (including phenoxy) is 1. The third-order valence-electron chi connectivity index (χ3n) is 7.07. The number of methoxy groups -OCH3 is 1. The summed E-state index contributed by atoms with van der Waals surface area (Å²) in [4.78, 5) is 42.9. The van der Waals surface area contributed by atoms with Gasteiger partial charge in [0.2, 0.25) is 11.9 Å². The minimum atomic E-state index is -0.349. The van der Waals surface area contributed by atoms with Gasteiger partial charge in [0, 0.05) is 35.4 Å². The van der Waals surface area contributed by atoms with E-state index >= 15 is 0 Å². The van der Waals surface area contributed by atoms with Crippen LogP contribution in [0.3, 0.4) is 0 Å². The Balaban J connectivity index is 1.51. The smallest absolute Gasteiger partial charge is 0.330 e. The molecule has 1 fully saturated rings. The van der Waals surface area contributed by atoms with Gasteiger partial charge >= 0.3 is 6.03 Å². The molecule has 1 saturated carbocycles. The number of hydrogen-bond acceptors (Lipinski definition) is 8. The average Bonchev–Trinajstić information content (AvgIpc) is 3.47. The Labute approximate surface area is 246 Å². The highest BCUT2D eigenvalue weighted by molar-refractivity contribution is 7.09. The summed E-state index contributed by atoms with van der Waals surface area (Å²) in [6.45, 7) is 5.75. The molecule has 2 aliphatic rings. The van der Waals surface area contributed by atoms with Gasteiger partial charge in [0.25, 0.3) is 0 Å². The molecule has 210 valence electrons. The lowest BCUT2D eigenvalue weighted by atomic mass is 9.90. The maximum absolute atomic E-state index is 14.1. The molecule has 13 heteroatoms. The van der Waals surface area contributed by atoms with Crippen LogP contribution < -0.4 is 25.2 Å². The van der Waals surface area contributed by atoms with Crippen molar-refractivity contribution in [1.82, 2.24) is 20.3 Å². The first-order chi connectivity index (χ1) is 19.3. The fraction of sp³-hybridized carbons (Fsp3) is 0.370. The number of amides is 3. The summed E-state index contributed by atoms with van der Waals surface area (Å²) in [5, 5.41) is 9.61. The molecule has 0 spiro atoms. The van der Waals surface area contributed by atoms with E-state index in [1.807, 2.05) is 12.3 Å². The van der Waals surface area contributed by atoms with Gasteiger partial charge < -0.3 is 15.4 Å². The fourth-order valence-corrected chi connectivity index (χ4v) is 6.29. The number of rotatable bonds is 8. The first-order valence-electron chi connectivity index (χ1n) is 12.9. The van der Waals surface area contributed by atoms with Crippen molar-refractivity contribution >= 4 is 63.9 Å². The third kappa shape index (κ3) is 5.59. The summed E-state index contributed by atoms with van der Waals surface area (Å²) in [6, 6.07) is 1.25. The lowest BCUT2D eigenvalue weighted by molar-refractivity contribution is -0.117. The molecule has 1 aliphatic heterocycles. The Morgan fingerprint density at radius 3 is 2.73 bits per heavy atom. The van der Waals surface area contributed by atoms with Crippen LogP contribution in [0.4, 0.5) is 22.2 Å². The molecule has 3 amide bonds. The molecular formula is C27H29Cl2N7O3S. The van der Waals surface area contributed by atoms with Gasteiger partial charge in [-0.25, -0.2) is 14.8 Å². The van der Waals surface area contributed by atoms with Gasteiger partial charge in [0.1, 0.15) is 21.6 Å². The second kappa shape index (κ2) is 12.0. The number of nitrogens with zero attached hydrogens (tertiary/aromatic N) is 5. The SMILES string of the molecule is C=CC(=O)N[C@@H]1CCCC[C@@H]1Nc1ncc2c(n1)N(Cc1nccs1)C(=O)N(c1c(Cl)c(C)cc(OC)c1Cl)C2. The van der Waals surface area contributed by atoms with Crippen LogP contribution in [0.2, 0.25) is 10.0 Å². The molecule has 3 heterocycles. The third-order valence-corrected chi connectivity index (χ3v) is 8.68. The van der Waals surface area contributed by atoms with Gasteiger partial charge in [-0.15, -0.1) is 11.3 Å². The first kappa shape index (κ1) is 28.1. The van der Waals surface area contributed by atoms with Crippen LogP contribution in [0.5, 0.6) is 5.75 Å². The Morgan fingerprint density at radius 2 is 2.02 bits per heavy atom. The minimum Gasteiger partial charge on any atom is -0.495 e. The molecule has 10 nitrogen and oxygen atoms in total. The molecule has 2 atom stereocenters. The normalized spacial score (nSPS) is 18.8. The topological polar surface area (TPSA) is 113 Å². The lowest BCUT2D eigenvalue weighted by Gasteiger charge is -2.37. The van der Waals surface area contributed by atoms with E-state index in [4.69, 9.17) is 32.9 Å².